The molecule has 1 aromatic carbocycles. The van der Waals surface area contributed by atoms with Crippen LogP contribution in [-0.4, -0.2) is 33.6 Å². The van der Waals surface area contributed by atoms with Gasteiger partial charge in [0.1, 0.15) is 17.2 Å². The van der Waals surface area contributed by atoms with Gasteiger partial charge in [-0.3, -0.25) is 14.4 Å². The SMILES string of the molecule is Cc1cc(Nc2ccc(F)c([C@@]3(C)N=C(N)N(C)C(=O)C3(C)C)c2)n(C)n1. The number of hydrogen-bond donors (Lipinski definition) is 2. The molecule has 8 heteroatoms. The zero-order chi connectivity index (χ0) is 20.1. The summed E-state index contributed by atoms with van der Waals surface area (Å²) in [4.78, 5) is 18.6. The number of carbonyl (C=O) groups excluding carboxylic acids is 1. The molecule has 27 heavy (non-hydrogen) atoms. The molecule has 1 atom stereocenters. The first kappa shape index (κ1) is 18.9. The third kappa shape index (κ3) is 2.85. The molecule has 1 aliphatic heterocycles. The van der Waals surface area contributed by atoms with E-state index >= 15 is 0 Å². The molecule has 1 aromatic heterocycles. The summed E-state index contributed by atoms with van der Waals surface area (Å²) >= 11 is 0. The van der Waals surface area contributed by atoms with Crippen molar-refractivity contribution in [1.29, 1.82) is 0 Å². The monoisotopic (exact) mass is 372 g/mol. The maximum atomic E-state index is 14.8. The summed E-state index contributed by atoms with van der Waals surface area (Å²) in [6, 6.07) is 6.58. The first-order valence-electron chi connectivity index (χ1n) is 8.68. The molecule has 3 N–H and O–H groups in total. The molecule has 144 valence electrons. The molecule has 1 amide bonds. The van der Waals surface area contributed by atoms with E-state index in [2.05, 4.69) is 15.4 Å². The van der Waals surface area contributed by atoms with E-state index in [1.165, 1.54) is 11.0 Å². The normalized spacial score (nSPS) is 22.0. The third-order valence-corrected chi connectivity index (χ3v) is 5.50. The van der Waals surface area contributed by atoms with Crippen LogP contribution in [0.5, 0.6) is 0 Å². The summed E-state index contributed by atoms with van der Waals surface area (Å²) in [5.74, 6) is 0.197. The van der Waals surface area contributed by atoms with Gasteiger partial charge in [0.05, 0.1) is 11.1 Å². The van der Waals surface area contributed by atoms with Crippen molar-refractivity contribution >= 4 is 23.4 Å². The highest BCUT2D eigenvalue weighted by atomic mass is 19.1. The molecule has 0 saturated heterocycles. The number of aromatic nitrogens is 2. The number of anilines is 2. The van der Waals surface area contributed by atoms with Crippen molar-refractivity contribution in [2.24, 2.45) is 23.2 Å². The number of amides is 1. The fourth-order valence-corrected chi connectivity index (χ4v) is 3.42. The molecule has 7 nitrogen and oxygen atoms in total. The molecule has 0 spiro atoms. The Kier molecular flexibility index (Phi) is 4.25. The lowest BCUT2D eigenvalue weighted by atomic mass is 9.67. The Morgan fingerprint density at radius 3 is 2.44 bits per heavy atom. The minimum absolute atomic E-state index is 0.0712. The van der Waals surface area contributed by atoms with E-state index in [9.17, 15) is 9.18 Å². The van der Waals surface area contributed by atoms with Crippen LogP contribution < -0.4 is 11.1 Å². The third-order valence-electron chi connectivity index (χ3n) is 5.50. The van der Waals surface area contributed by atoms with Crippen LogP contribution in [0.15, 0.2) is 29.3 Å². The predicted octanol–water partition coefficient (Wildman–Crippen LogP) is 2.64. The fraction of sp³-hybridized carbons (Fsp3) is 0.421. The molecule has 0 fully saturated rings. The van der Waals surface area contributed by atoms with Gasteiger partial charge in [-0.15, -0.1) is 0 Å². The number of aliphatic imine (C=N–C) groups is 1. The van der Waals surface area contributed by atoms with E-state index in [-0.39, 0.29) is 11.9 Å². The van der Waals surface area contributed by atoms with E-state index in [4.69, 9.17) is 5.73 Å². The Morgan fingerprint density at radius 1 is 1.19 bits per heavy atom. The molecule has 0 bridgehead atoms. The highest BCUT2D eigenvalue weighted by Gasteiger charge is 2.53. The van der Waals surface area contributed by atoms with Crippen molar-refractivity contribution in [1.82, 2.24) is 14.7 Å². The molecule has 0 saturated carbocycles. The van der Waals surface area contributed by atoms with Gasteiger partial charge in [-0.05, 0) is 45.9 Å². The Balaban J connectivity index is 2.11. The molecular formula is C19H25FN6O. The van der Waals surface area contributed by atoms with Gasteiger partial charge in [0.2, 0.25) is 5.91 Å². The van der Waals surface area contributed by atoms with Crippen LogP contribution in [0.1, 0.15) is 32.0 Å². The Labute approximate surface area is 158 Å². The largest absolute Gasteiger partial charge is 0.369 e. The molecule has 0 unspecified atom stereocenters. The molecule has 0 radical (unpaired) electrons. The topological polar surface area (TPSA) is 88.5 Å². The van der Waals surface area contributed by atoms with Crippen LogP contribution in [0, 0.1) is 18.2 Å². The number of rotatable bonds is 3. The molecule has 0 aliphatic carbocycles. The fourth-order valence-electron chi connectivity index (χ4n) is 3.42. The van der Waals surface area contributed by atoms with Crippen molar-refractivity contribution in [3.63, 3.8) is 0 Å². The molecule has 3 rings (SSSR count). The van der Waals surface area contributed by atoms with Crippen LogP contribution in [-0.2, 0) is 17.4 Å². The van der Waals surface area contributed by atoms with Crippen LogP contribution in [0.3, 0.4) is 0 Å². The number of halogens is 1. The zero-order valence-corrected chi connectivity index (χ0v) is 16.5. The lowest BCUT2D eigenvalue weighted by Gasteiger charge is -2.46. The quantitative estimate of drug-likeness (QED) is 0.867. The van der Waals surface area contributed by atoms with E-state index in [0.29, 0.717) is 11.3 Å². The zero-order valence-electron chi connectivity index (χ0n) is 16.5. The van der Waals surface area contributed by atoms with Gasteiger partial charge >= 0.3 is 0 Å². The Bertz CT molecular complexity index is 948. The minimum atomic E-state index is -1.15. The second-order valence-corrected chi connectivity index (χ2v) is 7.65. The van der Waals surface area contributed by atoms with Crippen molar-refractivity contribution in [3.8, 4) is 0 Å². The van der Waals surface area contributed by atoms with Gasteiger partial charge in [0.15, 0.2) is 5.96 Å². The lowest BCUT2D eigenvalue weighted by Crippen LogP contribution is -2.58. The van der Waals surface area contributed by atoms with Crippen molar-refractivity contribution < 1.29 is 9.18 Å². The number of guanidine groups is 1. The summed E-state index contributed by atoms with van der Waals surface area (Å²) in [5, 5.41) is 7.53. The number of hydrogen-bond acceptors (Lipinski definition) is 5. The number of nitrogens with zero attached hydrogens (tertiary/aromatic N) is 4. The van der Waals surface area contributed by atoms with Gasteiger partial charge < -0.3 is 11.1 Å². The average Bonchev–Trinajstić information content (AvgIpc) is 2.90. The van der Waals surface area contributed by atoms with Gasteiger partial charge in [0, 0.05) is 31.4 Å². The Hall–Kier alpha value is -2.90. The van der Waals surface area contributed by atoms with Crippen LogP contribution in [0.4, 0.5) is 15.9 Å². The predicted molar refractivity (Wildman–Crippen MR) is 103 cm³/mol. The van der Waals surface area contributed by atoms with Gasteiger partial charge in [0.25, 0.3) is 0 Å². The molecule has 2 heterocycles. The van der Waals surface area contributed by atoms with Crippen molar-refractivity contribution in [2.75, 3.05) is 12.4 Å². The summed E-state index contributed by atoms with van der Waals surface area (Å²) < 4.78 is 16.5. The van der Waals surface area contributed by atoms with Gasteiger partial charge in [-0.2, -0.15) is 5.10 Å². The van der Waals surface area contributed by atoms with E-state index in [0.717, 1.165) is 11.5 Å². The number of benzene rings is 1. The second-order valence-electron chi connectivity index (χ2n) is 7.65. The van der Waals surface area contributed by atoms with E-state index in [1.807, 2.05) is 20.0 Å². The maximum absolute atomic E-state index is 14.8. The van der Waals surface area contributed by atoms with E-state index in [1.54, 1.807) is 44.6 Å². The van der Waals surface area contributed by atoms with E-state index < -0.39 is 16.8 Å². The Morgan fingerprint density at radius 2 is 1.85 bits per heavy atom. The van der Waals surface area contributed by atoms with Crippen molar-refractivity contribution in [3.05, 3.63) is 41.3 Å². The smallest absolute Gasteiger partial charge is 0.237 e. The first-order valence-corrected chi connectivity index (χ1v) is 8.68. The summed E-state index contributed by atoms with van der Waals surface area (Å²) in [7, 11) is 3.40. The molecular weight excluding hydrogens is 347 g/mol. The highest BCUT2D eigenvalue weighted by Crippen LogP contribution is 2.47. The summed E-state index contributed by atoms with van der Waals surface area (Å²) in [6.07, 6.45) is 0. The van der Waals surface area contributed by atoms with Crippen LogP contribution in [0.2, 0.25) is 0 Å². The molecule has 1 aliphatic rings. The van der Waals surface area contributed by atoms with Crippen LogP contribution in [0.25, 0.3) is 0 Å². The number of aryl methyl sites for hydroxylation is 2. The number of carbonyl (C=O) groups is 1. The van der Waals surface area contributed by atoms with Gasteiger partial charge in [-0.1, -0.05) is 0 Å². The summed E-state index contributed by atoms with van der Waals surface area (Å²) in [6.45, 7) is 7.14. The molecule has 2 aromatic rings. The summed E-state index contributed by atoms with van der Waals surface area (Å²) in [5.41, 5.74) is 5.66. The maximum Gasteiger partial charge on any atom is 0.237 e. The number of nitrogens with two attached hydrogens (primary N) is 1. The van der Waals surface area contributed by atoms with Crippen LogP contribution >= 0.6 is 0 Å². The minimum Gasteiger partial charge on any atom is -0.369 e. The highest BCUT2D eigenvalue weighted by molar-refractivity contribution is 6.01. The average molecular weight is 372 g/mol. The second kappa shape index (κ2) is 6.07. The number of nitrogens with one attached hydrogen (secondary N) is 1. The standard InChI is InChI=1S/C19H25FN6O/c1-11-9-15(26(6)24-11)22-12-7-8-14(20)13(10-12)19(4)18(2,3)16(27)25(5)17(21)23-19/h7-10,22H,1-6H3,(H2,21,23)/t19-/m1/s1. The first-order chi connectivity index (χ1) is 12.5. The van der Waals surface area contributed by atoms with Gasteiger partial charge in [-0.25, -0.2) is 9.38 Å². The lowest BCUT2D eigenvalue weighted by molar-refractivity contribution is -0.140. The van der Waals surface area contributed by atoms with Crippen molar-refractivity contribution in [2.45, 2.75) is 33.2 Å².